The van der Waals surface area contributed by atoms with Crippen LogP contribution >= 0.6 is 0 Å². The zero-order valence-electron chi connectivity index (χ0n) is 13.9. The molecule has 1 aliphatic rings. The summed E-state index contributed by atoms with van der Waals surface area (Å²) in [5, 5.41) is 0.554. The highest BCUT2D eigenvalue weighted by atomic mass is 19.3. The van der Waals surface area contributed by atoms with Gasteiger partial charge in [-0.15, -0.1) is 0 Å². The highest BCUT2D eigenvalue weighted by Crippen LogP contribution is 2.30. The number of halogens is 2. The number of pyridine rings is 1. The van der Waals surface area contributed by atoms with Gasteiger partial charge < -0.3 is 10.7 Å². The molecule has 3 heterocycles. The zero-order valence-corrected chi connectivity index (χ0v) is 13.9. The third kappa shape index (κ3) is 3.06. The first-order valence-electron chi connectivity index (χ1n) is 8.30. The van der Waals surface area contributed by atoms with Crippen molar-refractivity contribution in [1.29, 1.82) is 0 Å². The Bertz CT molecular complexity index is 965. The summed E-state index contributed by atoms with van der Waals surface area (Å²) in [6.45, 7) is 0.663. The first-order valence-corrected chi connectivity index (χ1v) is 8.30. The molecule has 1 aliphatic heterocycles. The summed E-state index contributed by atoms with van der Waals surface area (Å²) in [6.07, 6.45) is 3.09. The number of likely N-dealkylation sites (tertiary alicyclic amines) is 1. The van der Waals surface area contributed by atoms with Gasteiger partial charge >= 0.3 is 0 Å². The van der Waals surface area contributed by atoms with Crippen LogP contribution in [0.3, 0.4) is 0 Å². The summed E-state index contributed by atoms with van der Waals surface area (Å²) in [4.78, 5) is 20.9. The Hall–Kier alpha value is -2.80. The lowest BCUT2D eigenvalue weighted by molar-refractivity contribution is 0.0115. The van der Waals surface area contributed by atoms with Crippen LogP contribution in [0.4, 0.5) is 8.78 Å². The molecular weight excluding hydrogens is 338 g/mol. The molecule has 0 saturated carbocycles. The van der Waals surface area contributed by atoms with Crippen LogP contribution in [0, 0.1) is 6.07 Å². The van der Waals surface area contributed by atoms with E-state index in [0.717, 1.165) is 11.1 Å². The molecule has 26 heavy (non-hydrogen) atoms. The number of nitrogens with one attached hydrogen (secondary N) is 1. The van der Waals surface area contributed by atoms with Crippen LogP contribution in [0.2, 0.25) is 0 Å². The Balaban J connectivity index is 1.62. The second-order valence-electron chi connectivity index (χ2n) is 6.58. The van der Waals surface area contributed by atoms with Crippen molar-refractivity contribution in [2.75, 3.05) is 13.1 Å². The van der Waals surface area contributed by atoms with Crippen LogP contribution in [0.1, 0.15) is 22.3 Å². The molecule has 3 N–H and O–H groups in total. The lowest BCUT2D eigenvalue weighted by Gasteiger charge is -2.16. The smallest absolute Gasteiger partial charge is 0.261 e. The molecule has 7 heteroatoms. The Morgan fingerprint density at radius 1 is 1.35 bits per heavy atom. The summed E-state index contributed by atoms with van der Waals surface area (Å²) in [7, 11) is 0. The number of hydrogen-bond donors (Lipinski definition) is 2. The number of H-pyrrole nitrogens is 1. The molecule has 0 unspecified atom stereocenters. The van der Waals surface area contributed by atoms with E-state index in [1.807, 2.05) is 24.3 Å². The molecule has 4 rings (SSSR count). The summed E-state index contributed by atoms with van der Waals surface area (Å²) < 4.78 is 26.6. The van der Waals surface area contributed by atoms with Crippen molar-refractivity contribution in [3.63, 3.8) is 0 Å². The summed E-state index contributed by atoms with van der Waals surface area (Å²) in [6, 6.07) is 10.4. The van der Waals surface area contributed by atoms with Gasteiger partial charge in [0.1, 0.15) is 5.65 Å². The van der Waals surface area contributed by atoms with E-state index < -0.39 is 11.8 Å². The average Bonchev–Trinajstić information content (AvgIpc) is 3.20. The molecule has 1 saturated heterocycles. The highest BCUT2D eigenvalue weighted by Gasteiger charge is 2.37. The number of aromatic nitrogens is 2. The lowest BCUT2D eigenvalue weighted by Crippen LogP contribution is -2.24. The number of hydrogen-bond acceptors (Lipinski definition) is 3. The normalized spacial score (nSPS) is 17.0. The van der Waals surface area contributed by atoms with Gasteiger partial charge in [-0.25, -0.2) is 13.8 Å². The predicted molar refractivity (Wildman–Crippen MR) is 93.7 cm³/mol. The minimum atomic E-state index is -2.59. The lowest BCUT2D eigenvalue weighted by atomic mass is 9.98. The third-order valence-electron chi connectivity index (χ3n) is 4.67. The first kappa shape index (κ1) is 16.7. The van der Waals surface area contributed by atoms with Crippen molar-refractivity contribution < 1.29 is 13.6 Å². The quantitative estimate of drug-likeness (QED) is 0.756. The fourth-order valence-electron chi connectivity index (χ4n) is 3.40. The van der Waals surface area contributed by atoms with E-state index in [-0.39, 0.29) is 13.0 Å². The fourth-order valence-corrected chi connectivity index (χ4v) is 3.40. The largest absolute Gasteiger partial charge is 0.366 e. The number of rotatable bonds is 4. The van der Waals surface area contributed by atoms with E-state index in [1.165, 1.54) is 0 Å². The van der Waals surface area contributed by atoms with Crippen LogP contribution in [0.5, 0.6) is 0 Å². The molecule has 0 bridgehead atoms. The van der Waals surface area contributed by atoms with Gasteiger partial charge in [-0.2, -0.15) is 0 Å². The van der Waals surface area contributed by atoms with Crippen LogP contribution in [0.15, 0.2) is 36.7 Å². The van der Waals surface area contributed by atoms with Crippen molar-refractivity contribution in [1.82, 2.24) is 14.9 Å². The van der Waals surface area contributed by atoms with Gasteiger partial charge in [0.15, 0.2) is 0 Å². The molecule has 0 atom stereocenters. The molecule has 0 aliphatic carbocycles. The minimum absolute atomic E-state index is 0.0914. The molecule has 2 aromatic heterocycles. The number of amides is 1. The van der Waals surface area contributed by atoms with Gasteiger partial charge in [-0.05, 0) is 11.1 Å². The Kier molecular flexibility index (Phi) is 3.96. The molecule has 133 valence electrons. The van der Waals surface area contributed by atoms with E-state index in [1.54, 1.807) is 17.3 Å². The van der Waals surface area contributed by atoms with Gasteiger partial charge in [-0.1, -0.05) is 24.3 Å². The summed E-state index contributed by atoms with van der Waals surface area (Å²) >= 11 is 0. The molecular formula is C19H17F2N4O. The van der Waals surface area contributed by atoms with Crippen LogP contribution < -0.4 is 5.73 Å². The van der Waals surface area contributed by atoms with E-state index in [2.05, 4.69) is 16.0 Å². The Morgan fingerprint density at radius 2 is 2.12 bits per heavy atom. The Labute approximate surface area is 148 Å². The first-order chi connectivity index (χ1) is 12.4. The number of carbonyl (C=O) groups excluding carboxylic acids is 1. The van der Waals surface area contributed by atoms with Crippen molar-refractivity contribution in [2.45, 2.75) is 18.9 Å². The van der Waals surface area contributed by atoms with E-state index in [9.17, 15) is 13.6 Å². The molecule has 5 nitrogen and oxygen atoms in total. The van der Waals surface area contributed by atoms with Crippen LogP contribution in [-0.2, 0) is 6.54 Å². The number of aromatic amines is 1. The van der Waals surface area contributed by atoms with E-state index in [4.69, 9.17) is 5.73 Å². The summed E-state index contributed by atoms with van der Waals surface area (Å²) in [5.74, 6) is -3.14. The molecule has 3 aromatic rings. The third-order valence-corrected chi connectivity index (χ3v) is 4.67. The molecule has 1 aromatic carbocycles. The van der Waals surface area contributed by atoms with E-state index in [0.29, 0.717) is 35.2 Å². The highest BCUT2D eigenvalue weighted by molar-refractivity contribution is 6.10. The maximum atomic E-state index is 13.3. The SMILES string of the molecule is NC(=O)c1c(-c2ccc(CN3CCC(F)(F)C3)cc2)cnc2[nH]c[c]c12. The number of nitrogens with two attached hydrogens (primary N) is 1. The number of alkyl halides is 2. The molecule has 1 radical (unpaired) electrons. The van der Waals surface area contributed by atoms with Crippen LogP contribution in [-0.4, -0.2) is 39.8 Å². The van der Waals surface area contributed by atoms with Gasteiger partial charge in [0.2, 0.25) is 5.91 Å². The Morgan fingerprint density at radius 3 is 2.77 bits per heavy atom. The standard InChI is InChI=1S/C19H17F2N4O/c20-19(21)6-8-25(11-19)10-12-1-3-13(4-2-12)15-9-24-18-14(5-7-23-18)16(15)17(22)26/h1-4,7,9H,6,8,10-11H2,(H2,22,26)(H,23,24). The minimum Gasteiger partial charge on any atom is -0.366 e. The zero-order chi connectivity index (χ0) is 18.3. The van der Waals surface area contributed by atoms with Crippen LogP contribution in [0.25, 0.3) is 22.2 Å². The van der Waals surface area contributed by atoms with Crippen molar-refractivity contribution in [2.24, 2.45) is 5.73 Å². The molecule has 1 fully saturated rings. The summed E-state index contributed by atoms with van der Waals surface area (Å²) in [5.41, 5.74) is 8.83. The molecule has 1 amide bonds. The monoisotopic (exact) mass is 355 g/mol. The second-order valence-corrected chi connectivity index (χ2v) is 6.58. The van der Waals surface area contributed by atoms with Crippen molar-refractivity contribution in [3.05, 3.63) is 53.9 Å². The van der Waals surface area contributed by atoms with Gasteiger partial charge in [0.25, 0.3) is 5.92 Å². The fraction of sp³-hybridized carbons (Fsp3) is 0.263. The van der Waals surface area contributed by atoms with Crippen molar-refractivity contribution >= 4 is 16.9 Å². The van der Waals surface area contributed by atoms with E-state index >= 15 is 0 Å². The molecule has 0 spiro atoms. The number of carbonyl (C=O) groups is 1. The predicted octanol–water partition coefficient (Wildman–Crippen LogP) is 2.97. The average molecular weight is 355 g/mol. The number of benzene rings is 1. The number of fused-ring (bicyclic) bond motifs is 1. The maximum absolute atomic E-state index is 13.3. The number of nitrogens with zero attached hydrogens (tertiary/aromatic N) is 2. The van der Waals surface area contributed by atoms with Gasteiger partial charge in [-0.3, -0.25) is 9.69 Å². The second kappa shape index (κ2) is 6.17. The van der Waals surface area contributed by atoms with Gasteiger partial charge in [0, 0.05) is 48.9 Å². The van der Waals surface area contributed by atoms with Gasteiger partial charge in [0.05, 0.1) is 12.1 Å². The van der Waals surface area contributed by atoms with Crippen molar-refractivity contribution in [3.8, 4) is 11.1 Å². The topological polar surface area (TPSA) is 75.0 Å². The number of primary amides is 1. The maximum Gasteiger partial charge on any atom is 0.261 e.